The summed E-state index contributed by atoms with van der Waals surface area (Å²) in [6.07, 6.45) is 3.59. The average molecular weight is 370 g/mol. The van der Waals surface area contributed by atoms with Gasteiger partial charge in [0.1, 0.15) is 0 Å². The summed E-state index contributed by atoms with van der Waals surface area (Å²) < 4.78 is 1.05. The Bertz CT molecular complexity index is 483. The van der Waals surface area contributed by atoms with Gasteiger partial charge in [0.05, 0.1) is 5.56 Å². The van der Waals surface area contributed by atoms with Gasteiger partial charge in [-0.1, -0.05) is 12.1 Å². The zero-order valence-corrected chi connectivity index (χ0v) is 13.2. The largest absolute Gasteiger partial charge is 0.338 e. The maximum Gasteiger partial charge on any atom is 0.254 e. The molecule has 102 valence electrons. The second-order valence-corrected chi connectivity index (χ2v) is 6.87. The fourth-order valence-corrected chi connectivity index (χ4v) is 3.90. The zero-order chi connectivity index (χ0) is 13.3. The summed E-state index contributed by atoms with van der Waals surface area (Å²) in [5, 5.41) is 3.42. The Kier molecular flexibility index (Phi) is 3.80. The van der Waals surface area contributed by atoms with Crippen molar-refractivity contribution in [2.75, 3.05) is 26.2 Å². The molecule has 0 aliphatic carbocycles. The molecule has 2 fully saturated rings. The second-order valence-electron chi connectivity index (χ2n) is 5.71. The molecule has 2 aliphatic rings. The van der Waals surface area contributed by atoms with E-state index in [-0.39, 0.29) is 5.91 Å². The average Bonchev–Trinajstić information content (AvgIpc) is 2.83. The predicted molar refractivity (Wildman–Crippen MR) is 84.2 cm³/mol. The lowest BCUT2D eigenvalue weighted by molar-refractivity contribution is 0.0761. The standard InChI is InChI=1S/C15H19IN2O/c16-13-4-2-1-3-12(13)14(19)18-10-7-15(11-18)5-8-17-9-6-15/h1-4,17H,5-11H2. The number of hydrogen-bond donors (Lipinski definition) is 1. The Morgan fingerprint density at radius 1 is 1.21 bits per heavy atom. The van der Waals surface area contributed by atoms with Crippen LogP contribution in [0.3, 0.4) is 0 Å². The van der Waals surface area contributed by atoms with Gasteiger partial charge in [0.25, 0.3) is 5.91 Å². The molecule has 0 radical (unpaired) electrons. The summed E-state index contributed by atoms with van der Waals surface area (Å²) in [4.78, 5) is 14.7. The highest BCUT2D eigenvalue weighted by molar-refractivity contribution is 14.1. The molecule has 0 unspecified atom stereocenters. The van der Waals surface area contributed by atoms with Crippen molar-refractivity contribution in [2.24, 2.45) is 5.41 Å². The number of carbonyl (C=O) groups excluding carboxylic acids is 1. The van der Waals surface area contributed by atoms with Crippen molar-refractivity contribution in [1.82, 2.24) is 10.2 Å². The van der Waals surface area contributed by atoms with Gasteiger partial charge < -0.3 is 10.2 Å². The van der Waals surface area contributed by atoms with Crippen molar-refractivity contribution in [3.8, 4) is 0 Å². The Labute approximate surface area is 127 Å². The van der Waals surface area contributed by atoms with E-state index in [0.717, 1.165) is 35.3 Å². The molecule has 1 amide bonds. The molecular formula is C15H19IN2O. The number of likely N-dealkylation sites (tertiary alicyclic amines) is 1. The number of amides is 1. The molecule has 4 heteroatoms. The number of piperidine rings is 1. The maximum absolute atomic E-state index is 12.6. The van der Waals surface area contributed by atoms with Crippen LogP contribution in [0.5, 0.6) is 0 Å². The van der Waals surface area contributed by atoms with E-state index in [1.54, 1.807) is 0 Å². The number of nitrogens with one attached hydrogen (secondary N) is 1. The van der Waals surface area contributed by atoms with Gasteiger partial charge in [-0.15, -0.1) is 0 Å². The first kappa shape index (κ1) is 13.4. The Morgan fingerprint density at radius 2 is 1.95 bits per heavy atom. The van der Waals surface area contributed by atoms with Crippen LogP contribution in [0.2, 0.25) is 0 Å². The van der Waals surface area contributed by atoms with E-state index in [4.69, 9.17) is 0 Å². The molecule has 0 aromatic heterocycles. The van der Waals surface area contributed by atoms with Gasteiger partial charge in [0, 0.05) is 16.7 Å². The van der Waals surface area contributed by atoms with E-state index in [1.165, 1.54) is 19.3 Å². The normalized spacial score (nSPS) is 21.8. The topological polar surface area (TPSA) is 32.3 Å². The Morgan fingerprint density at radius 3 is 2.68 bits per heavy atom. The summed E-state index contributed by atoms with van der Waals surface area (Å²) >= 11 is 2.25. The summed E-state index contributed by atoms with van der Waals surface area (Å²) in [5.74, 6) is 0.209. The van der Waals surface area contributed by atoms with Gasteiger partial charge in [0.2, 0.25) is 0 Å². The van der Waals surface area contributed by atoms with Crippen molar-refractivity contribution in [2.45, 2.75) is 19.3 Å². The van der Waals surface area contributed by atoms with Gasteiger partial charge in [-0.2, -0.15) is 0 Å². The fourth-order valence-electron chi connectivity index (χ4n) is 3.28. The molecular weight excluding hydrogens is 351 g/mol. The van der Waals surface area contributed by atoms with Crippen LogP contribution in [-0.4, -0.2) is 37.0 Å². The van der Waals surface area contributed by atoms with Crippen LogP contribution in [0, 0.1) is 8.99 Å². The number of benzene rings is 1. The monoisotopic (exact) mass is 370 g/mol. The van der Waals surface area contributed by atoms with E-state index in [0.29, 0.717) is 5.41 Å². The SMILES string of the molecule is O=C(c1ccccc1I)N1CCC2(CCNCC2)C1. The van der Waals surface area contributed by atoms with Gasteiger partial charge in [-0.3, -0.25) is 4.79 Å². The van der Waals surface area contributed by atoms with Crippen LogP contribution in [0.1, 0.15) is 29.6 Å². The highest BCUT2D eigenvalue weighted by atomic mass is 127. The summed E-state index contributed by atoms with van der Waals surface area (Å²) in [6.45, 7) is 4.07. The number of halogens is 1. The molecule has 1 aromatic rings. The van der Waals surface area contributed by atoms with Gasteiger partial charge in [-0.05, 0) is 72.5 Å². The highest BCUT2D eigenvalue weighted by Crippen LogP contribution is 2.39. The minimum Gasteiger partial charge on any atom is -0.338 e. The van der Waals surface area contributed by atoms with Crippen molar-refractivity contribution >= 4 is 28.5 Å². The number of nitrogens with zero attached hydrogens (tertiary/aromatic N) is 1. The third kappa shape index (κ3) is 2.65. The lowest BCUT2D eigenvalue weighted by Gasteiger charge is -2.33. The first-order chi connectivity index (χ1) is 9.20. The molecule has 1 N–H and O–H groups in total. The number of carbonyl (C=O) groups is 1. The maximum atomic E-state index is 12.6. The summed E-state index contributed by atoms with van der Waals surface area (Å²) in [5.41, 5.74) is 1.25. The predicted octanol–water partition coefficient (Wildman–Crippen LogP) is 2.51. The minimum atomic E-state index is 0.209. The van der Waals surface area contributed by atoms with Gasteiger partial charge in [-0.25, -0.2) is 0 Å². The van der Waals surface area contributed by atoms with E-state index >= 15 is 0 Å². The third-order valence-corrected chi connectivity index (χ3v) is 5.43. The molecule has 2 heterocycles. The molecule has 19 heavy (non-hydrogen) atoms. The molecule has 2 saturated heterocycles. The highest BCUT2D eigenvalue weighted by Gasteiger charge is 2.40. The molecule has 0 atom stereocenters. The number of rotatable bonds is 1. The smallest absolute Gasteiger partial charge is 0.254 e. The van der Waals surface area contributed by atoms with Crippen LogP contribution < -0.4 is 5.32 Å². The Hall–Kier alpha value is -0.620. The summed E-state index contributed by atoms with van der Waals surface area (Å²) in [6, 6.07) is 7.88. The number of hydrogen-bond acceptors (Lipinski definition) is 2. The molecule has 0 saturated carbocycles. The Balaban J connectivity index is 1.74. The lowest BCUT2D eigenvalue weighted by atomic mass is 9.78. The van der Waals surface area contributed by atoms with Crippen molar-refractivity contribution in [3.63, 3.8) is 0 Å². The molecule has 3 rings (SSSR count). The minimum absolute atomic E-state index is 0.209. The summed E-state index contributed by atoms with van der Waals surface area (Å²) in [7, 11) is 0. The fraction of sp³-hybridized carbons (Fsp3) is 0.533. The van der Waals surface area contributed by atoms with Crippen LogP contribution >= 0.6 is 22.6 Å². The van der Waals surface area contributed by atoms with Crippen LogP contribution in [-0.2, 0) is 0 Å². The third-order valence-electron chi connectivity index (χ3n) is 4.49. The van der Waals surface area contributed by atoms with Crippen LogP contribution in [0.4, 0.5) is 0 Å². The molecule has 3 nitrogen and oxygen atoms in total. The van der Waals surface area contributed by atoms with Gasteiger partial charge in [0.15, 0.2) is 0 Å². The second kappa shape index (κ2) is 5.40. The van der Waals surface area contributed by atoms with Crippen molar-refractivity contribution < 1.29 is 4.79 Å². The molecule has 1 spiro atoms. The quantitative estimate of drug-likeness (QED) is 0.771. The van der Waals surface area contributed by atoms with Crippen molar-refractivity contribution in [3.05, 3.63) is 33.4 Å². The van der Waals surface area contributed by atoms with Crippen LogP contribution in [0.15, 0.2) is 24.3 Å². The van der Waals surface area contributed by atoms with E-state index in [2.05, 4.69) is 32.8 Å². The first-order valence-electron chi connectivity index (χ1n) is 6.95. The molecule has 0 bridgehead atoms. The molecule has 1 aromatic carbocycles. The van der Waals surface area contributed by atoms with Gasteiger partial charge >= 0.3 is 0 Å². The zero-order valence-electron chi connectivity index (χ0n) is 11.0. The van der Waals surface area contributed by atoms with E-state index in [9.17, 15) is 4.79 Å². The lowest BCUT2D eigenvalue weighted by Crippen LogP contribution is -2.39. The van der Waals surface area contributed by atoms with E-state index < -0.39 is 0 Å². The first-order valence-corrected chi connectivity index (χ1v) is 8.03. The molecule has 2 aliphatic heterocycles. The van der Waals surface area contributed by atoms with Crippen LogP contribution in [0.25, 0.3) is 0 Å². The van der Waals surface area contributed by atoms with Crippen molar-refractivity contribution in [1.29, 1.82) is 0 Å². The van der Waals surface area contributed by atoms with E-state index in [1.807, 2.05) is 24.3 Å².